The molecule has 0 bridgehead atoms. The molecule has 2 aliphatic rings. The van der Waals surface area contributed by atoms with Crippen LogP contribution in [0.1, 0.15) is 39.3 Å². The fraction of sp³-hybridized carbons (Fsp3) is 0.318. The number of aryl methyl sites for hydroxylation is 1. The molecule has 0 radical (unpaired) electrons. The van der Waals surface area contributed by atoms with Crippen LogP contribution in [0.5, 0.6) is 0 Å². The predicted octanol–water partition coefficient (Wildman–Crippen LogP) is 5.05. The van der Waals surface area contributed by atoms with Crippen LogP contribution < -0.4 is 5.32 Å². The highest BCUT2D eigenvalue weighted by atomic mass is 32.2. The third-order valence-electron chi connectivity index (χ3n) is 5.52. The Morgan fingerprint density at radius 2 is 2.04 bits per heavy atom. The van der Waals surface area contributed by atoms with Crippen molar-refractivity contribution in [1.29, 1.82) is 0 Å². The van der Waals surface area contributed by atoms with Crippen molar-refractivity contribution < 1.29 is 4.79 Å². The summed E-state index contributed by atoms with van der Waals surface area (Å²) in [5.41, 5.74) is 5.49. The van der Waals surface area contributed by atoms with Gasteiger partial charge in [-0.1, -0.05) is 18.2 Å². The number of benzene rings is 1. The zero-order chi connectivity index (χ0) is 18.2. The molecule has 2 N–H and O–H groups in total. The Morgan fingerprint density at radius 3 is 3.00 bits per heavy atom. The van der Waals surface area contributed by atoms with Crippen molar-refractivity contribution in [3.63, 3.8) is 0 Å². The third-order valence-corrected chi connectivity index (χ3v) is 7.85. The first-order valence-electron chi connectivity index (χ1n) is 9.60. The quantitative estimate of drug-likeness (QED) is 0.650. The second-order valence-electron chi connectivity index (χ2n) is 7.22. The number of amides is 1. The lowest BCUT2D eigenvalue weighted by Crippen LogP contribution is -2.26. The maximum atomic E-state index is 12.6. The second kappa shape index (κ2) is 7.21. The van der Waals surface area contributed by atoms with Gasteiger partial charge in [0.15, 0.2) is 0 Å². The van der Waals surface area contributed by atoms with Crippen LogP contribution in [-0.2, 0) is 29.8 Å². The average molecular weight is 395 g/mol. The first-order chi connectivity index (χ1) is 13.3. The minimum Gasteiger partial charge on any atom is -0.361 e. The first-order valence-corrected chi connectivity index (χ1v) is 11.4. The highest BCUT2D eigenvalue weighted by molar-refractivity contribution is 8.03. The van der Waals surface area contributed by atoms with Gasteiger partial charge in [0, 0.05) is 39.2 Å². The minimum absolute atomic E-state index is 0.0665. The van der Waals surface area contributed by atoms with Gasteiger partial charge in [-0.15, -0.1) is 23.1 Å². The van der Waals surface area contributed by atoms with Crippen molar-refractivity contribution in [1.82, 2.24) is 10.3 Å². The summed E-state index contributed by atoms with van der Waals surface area (Å²) in [6, 6.07) is 8.30. The van der Waals surface area contributed by atoms with Crippen molar-refractivity contribution in [3.05, 3.63) is 61.8 Å². The van der Waals surface area contributed by atoms with Crippen molar-refractivity contribution in [3.8, 4) is 0 Å². The molecule has 27 heavy (non-hydrogen) atoms. The molecule has 1 aliphatic carbocycles. The van der Waals surface area contributed by atoms with E-state index in [1.54, 1.807) is 22.2 Å². The van der Waals surface area contributed by atoms with Gasteiger partial charge in [0.2, 0.25) is 0 Å². The van der Waals surface area contributed by atoms with Crippen molar-refractivity contribution in [2.45, 2.75) is 37.9 Å². The van der Waals surface area contributed by atoms with Crippen molar-refractivity contribution in [2.75, 3.05) is 6.54 Å². The minimum atomic E-state index is 0.0665. The summed E-state index contributed by atoms with van der Waals surface area (Å²) in [7, 11) is 0. The number of thioether (sulfide) groups is 1. The largest absolute Gasteiger partial charge is 0.361 e. The average Bonchev–Trinajstić information content (AvgIpc) is 3.28. The molecule has 1 aromatic carbocycles. The molecule has 138 valence electrons. The number of aromatic amines is 1. The van der Waals surface area contributed by atoms with E-state index in [4.69, 9.17) is 0 Å². The maximum Gasteiger partial charge on any atom is 0.257 e. The second-order valence-corrected chi connectivity index (χ2v) is 9.37. The summed E-state index contributed by atoms with van der Waals surface area (Å²) in [5, 5.41) is 4.35. The summed E-state index contributed by atoms with van der Waals surface area (Å²) in [6.07, 6.45) is 10.1. The zero-order valence-electron chi connectivity index (χ0n) is 15.1. The zero-order valence-corrected chi connectivity index (χ0v) is 16.8. The molecule has 0 fully saturated rings. The molecule has 0 saturated heterocycles. The van der Waals surface area contributed by atoms with Gasteiger partial charge in [0.1, 0.15) is 0 Å². The standard InChI is InChI=1S/C22H22N2OS2/c25-22(23-10-9-14-12-24-18-7-3-1-5-15(14)18)21-11-20-17(13-26-21)16-6-2-4-8-19(16)27-20/h1,3,5,7,11-12,24H,2,4,6,8-10,13H2,(H,23,25). The topological polar surface area (TPSA) is 44.9 Å². The molecule has 5 heteroatoms. The number of carbonyl (C=O) groups excluding carboxylic acids is 1. The van der Waals surface area contributed by atoms with Gasteiger partial charge in [-0.05, 0) is 60.9 Å². The van der Waals surface area contributed by atoms with E-state index >= 15 is 0 Å². The Morgan fingerprint density at radius 1 is 1.15 bits per heavy atom. The molecular weight excluding hydrogens is 372 g/mol. The van der Waals surface area contributed by atoms with Gasteiger partial charge in [0.25, 0.3) is 5.91 Å². The molecule has 0 saturated carbocycles. The predicted molar refractivity (Wildman–Crippen MR) is 115 cm³/mol. The number of thiophene rings is 1. The lowest BCUT2D eigenvalue weighted by molar-refractivity contribution is -0.116. The number of hydrogen-bond acceptors (Lipinski definition) is 3. The highest BCUT2D eigenvalue weighted by Crippen LogP contribution is 2.42. The lowest BCUT2D eigenvalue weighted by atomic mass is 9.95. The highest BCUT2D eigenvalue weighted by Gasteiger charge is 2.24. The third kappa shape index (κ3) is 3.23. The summed E-state index contributed by atoms with van der Waals surface area (Å²) in [6.45, 7) is 0.659. The number of rotatable bonds is 4. The number of carbonyl (C=O) groups is 1. The van der Waals surface area contributed by atoms with Crippen molar-refractivity contribution >= 4 is 46.0 Å². The fourth-order valence-electron chi connectivity index (χ4n) is 4.11. The molecule has 5 rings (SSSR count). The first kappa shape index (κ1) is 17.1. The lowest BCUT2D eigenvalue weighted by Gasteiger charge is -2.16. The number of nitrogens with one attached hydrogen (secondary N) is 2. The van der Waals surface area contributed by atoms with Gasteiger partial charge in [-0.2, -0.15) is 0 Å². The molecule has 1 amide bonds. The number of para-hydroxylation sites is 1. The normalized spacial score (nSPS) is 15.9. The van der Waals surface area contributed by atoms with E-state index in [-0.39, 0.29) is 5.91 Å². The summed E-state index contributed by atoms with van der Waals surface area (Å²) >= 11 is 3.60. The Hall–Kier alpha value is -1.98. The summed E-state index contributed by atoms with van der Waals surface area (Å²) < 4.78 is 0. The van der Waals surface area contributed by atoms with Gasteiger partial charge < -0.3 is 10.3 Å². The number of H-pyrrole nitrogens is 1. The Balaban J connectivity index is 1.25. The molecule has 0 unspecified atom stereocenters. The SMILES string of the molecule is O=C(NCCc1c[nH]c2ccccc12)C1=Cc2sc3c(c2CS1)CCCC3. The van der Waals surface area contributed by atoms with Gasteiger partial charge in [-0.3, -0.25) is 4.79 Å². The van der Waals surface area contributed by atoms with Crippen LogP contribution in [0.2, 0.25) is 0 Å². The van der Waals surface area contributed by atoms with E-state index < -0.39 is 0 Å². The van der Waals surface area contributed by atoms with Crippen LogP contribution in [0.25, 0.3) is 17.0 Å². The van der Waals surface area contributed by atoms with Crippen LogP contribution in [0.15, 0.2) is 35.4 Å². The van der Waals surface area contributed by atoms with Crippen LogP contribution >= 0.6 is 23.1 Å². The van der Waals surface area contributed by atoms with Gasteiger partial charge in [0.05, 0.1) is 4.91 Å². The van der Waals surface area contributed by atoms with E-state index in [1.165, 1.54) is 47.1 Å². The van der Waals surface area contributed by atoms with Crippen LogP contribution in [0, 0.1) is 0 Å². The summed E-state index contributed by atoms with van der Waals surface area (Å²) in [5.74, 6) is 1.01. The van der Waals surface area contributed by atoms with E-state index in [1.807, 2.05) is 23.6 Å². The fourth-order valence-corrected chi connectivity index (χ4v) is 6.66. The smallest absolute Gasteiger partial charge is 0.257 e. The molecule has 3 aromatic rings. The molecule has 1 aliphatic heterocycles. The van der Waals surface area contributed by atoms with Crippen LogP contribution in [0.4, 0.5) is 0 Å². The monoisotopic (exact) mass is 394 g/mol. The van der Waals surface area contributed by atoms with E-state index in [2.05, 4.69) is 34.6 Å². The molecular formula is C22H22N2OS2. The van der Waals surface area contributed by atoms with Crippen LogP contribution in [-0.4, -0.2) is 17.4 Å². The molecule has 0 atom stereocenters. The maximum absolute atomic E-state index is 12.6. The van der Waals surface area contributed by atoms with Gasteiger partial charge >= 0.3 is 0 Å². The molecule has 3 heterocycles. The Labute approximate surface area is 167 Å². The van der Waals surface area contributed by atoms with E-state index in [0.717, 1.165) is 22.6 Å². The Bertz CT molecular complexity index is 1040. The van der Waals surface area contributed by atoms with E-state index in [9.17, 15) is 4.79 Å². The van der Waals surface area contributed by atoms with Crippen molar-refractivity contribution in [2.24, 2.45) is 0 Å². The van der Waals surface area contributed by atoms with Crippen LogP contribution in [0.3, 0.4) is 0 Å². The van der Waals surface area contributed by atoms with E-state index in [0.29, 0.717) is 6.54 Å². The molecule has 3 nitrogen and oxygen atoms in total. The molecule has 2 aromatic heterocycles. The summed E-state index contributed by atoms with van der Waals surface area (Å²) in [4.78, 5) is 19.7. The number of aromatic nitrogens is 1. The number of fused-ring (bicyclic) bond motifs is 4. The molecule has 0 spiro atoms. The number of hydrogen-bond donors (Lipinski definition) is 2. The Kier molecular flexibility index (Phi) is 4.58. The van der Waals surface area contributed by atoms with Gasteiger partial charge in [-0.25, -0.2) is 0 Å².